The average Bonchev–Trinajstić information content (AvgIpc) is 3.96. The summed E-state index contributed by atoms with van der Waals surface area (Å²) in [4.78, 5) is 70.0. The monoisotopic (exact) mass is 729 g/mol. The number of carbonyl (C=O) groups is 4. The molecule has 2 amide bonds. The van der Waals surface area contributed by atoms with Gasteiger partial charge >= 0.3 is 5.97 Å². The number of hydrogen-bond acceptors (Lipinski definition) is 8. The minimum Gasteiger partial charge on any atom is -0.465 e. The SMILES string of the molecule is COC(=O)c1cn(C)c2c(C(=O)c3ccc([N+](=O)[O-])cc3)cc3c(c12)C(CCl)CN3C(=O)c1cc2cc(NC(=O)c3cc4ccccc4o3)ccc2[nH]1. The van der Waals surface area contributed by atoms with E-state index in [9.17, 15) is 29.3 Å². The van der Waals surface area contributed by atoms with Crippen LogP contribution in [0.4, 0.5) is 17.1 Å². The number of non-ortho nitro benzene ring substituents is 1. The maximum absolute atomic E-state index is 14.4. The predicted octanol–water partition coefficient (Wildman–Crippen LogP) is 7.57. The van der Waals surface area contributed by atoms with Gasteiger partial charge in [0.1, 0.15) is 11.3 Å². The summed E-state index contributed by atoms with van der Waals surface area (Å²) in [5, 5.41) is 16.0. The van der Waals surface area contributed by atoms with E-state index in [0.29, 0.717) is 44.3 Å². The van der Waals surface area contributed by atoms with Crippen LogP contribution in [0, 0.1) is 10.1 Å². The van der Waals surface area contributed by atoms with Crippen LogP contribution < -0.4 is 10.2 Å². The highest BCUT2D eigenvalue weighted by Crippen LogP contribution is 2.46. The zero-order valence-electron chi connectivity index (χ0n) is 28.1. The summed E-state index contributed by atoms with van der Waals surface area (Å²) in [5.41, 5.74) is 3.81. The quantitative estimate of drug-likeness (QED) is 0.0531. The molecule has 1 unspecified atom stereocenters. The minimum atomic E-state index is -0.630. The van der Waals surface area contributed by atoms with Crippen LogP contribution in [0.25, 0.3) is 32.8 Å². The number of anilines is 2. The van der Waals surface area contributed by atoms with E-state index in [1.807, 2.05) is 18.2 Å². The molecule has 0 bridgehead atoms. The van der Waals surface area contributed by atoms with E-state index in [2.05, 4.69) is 10.3 Å². The summed E-state index contributed by atoms with van der Waals surface area (Å²) >= 11 is 6.52. The molecular formula is C39H28ClN5O8. The molecule has 1 aliphatic heterocycles. The number of aromatic nitrogens is 2. The Kier molecular flexibility index (Phi) is 8.07. The van der Waals surface area contributed by atoms with E-state index in [0.717, 1.165) is 5.39 Å². The second-order valence-corrected chi connectivity index (χ2v) is 13.0. The first-order chi connectivity index (χ1) is 25.6. The zero-order valence-corrected chi connectivity index (χ0v) is 28.9. The largest absolute Gasteiger partial charge is 0.465 e. The van der Waals surface area contributed by atoms with Gasteiger partial charge in [0.15, 0.2) is 11.5 Å². The number of nitro benzene ring substituents is 1. The summed E-state index contributed by atoms with van der Waals surface area (Å²) in [6.45, 7) is 0.158. The number of fused-ring (bicyclic) bond motifs is 5. The fourth-order valence-corrected chi connectivity index (χ4v) is 7.34. The van der Waals surface area contributed by atoms with Gasteiger partial charge in [0.25, 0.3) is 17.5 Å². The third kappa shape index (κ3) is 5.58. The number of carbonyl (C=O) groups excluding carboxylic acids is 4. The second kappa shape index (κ2) is 12.8. The van der Waals surface area contributed by atoms with Crippen LogP contribution in [0.5, 0.6) is 0 Å². The van der Waals surface area contributed by atoms with E-state index in [1.165, 1.54) is 36.3 Å². The molecule has 1 atom stereocenters. The number of para-hydroxylation sites is 1. The number of halogens is 1. The van der Waals surface area contributed by atoms with E-state index >= 15 is 0 Å². The number of ketones is 1. The Morgan fingerprint density at radius 1 is 1.00 bits per heavy atom. The van der Waals surface area contributed by atoms with Gasteiger partial charge in [-0.25, -0.2) is 4.79 Å². The molecule has 0 saturated heterocycles. The second-order valence-electron chi connectivity index (χ2n) is 12.7. The number of aryl methyl sites for hydroxylation is 1. The van der Waals surface area contributed by atoms with Crippen LogP contribution in [0.1, 0.15) is 58.8 Å². The van der Waals surface area contributed by atoms with Gasteiger partial charge in [-0.2, -0.15) is 0 Å². The summed E-state index contributed by atoms with van der Waals surface area (Å²) in [7, 11) is 2.95. The summed E-state index contributed by atoms with van der Waals surface area (Å²) in [6, 6.07) is 22.7. The van der Waals surface area contributed by atoms with Gasteiger partial charge in [-0.15, -0.1) is 11.6 Å². The maximum Gasteiger partial charge on any atom is 0.340 e. The number of rotatable bonds is 8. The van der Waals surface area contributed by atoms with Crippen molar-refractivity contribution < 1.29 is 33.3 Å². The molecule has 53 heavy (non-hydrogen) atoms. The van der Waals surface area contributed by atoms with Gasteiger partial charge in [0.05, 0.1) is 23.1 Å². The summed E-state index contributed by atoms with van der Waals surface area (Å²) in [5.74, 6) is -2.07. The average molecular weight is 730 g/mol. The highest BCUT2D eigenvalue weighted by atomic mass is 35.5. The molecule has 264 valence electrons. The van der Waals surface area contributed by atoms with Crippen LogP contribution in [0.15, 0.2) is 95.5 Å². The summed E-state index contributed by atoms with van der Waals surface area (Å²) in [6.07, 6.45) is 1.57. The number of furan rings is 1. The molecule has 0 radical (unpaired) electrons. The van der Waals surface area contributed by atoms with Crippen molar-refractivity contribution in [1.29, 1.82) is 0 Å². The Bertz CT molecular complexity index is 2660. The molecule has 0 spiro atoms. The van der Waals surface area contributed by atoms with Crippen molar-refractivity contribution in [1.82, 2.24) is 9.55 Å². The lowest BCUT2D eigenvalue weighted by Crippen LogP contribution is -2.30. The lowest BCUT2D eigenvalue weighted by Gasteiger charge is -2.18. The number of ether oxygens (including phenoxy) is 1. The molecule has 13 nitrogen and oxygen atoms in total. The van der Waals surface area contributed by atoms with Crippen molar-refractivity contribution in [2.75, 3.05) is 29.8 Å². The van der Waals surface area contributed by atoms with E-state index in [-0.39, 0.29) is 46.3 Å². The number of alkyl halides is 1. The first kappa shape index (κ1) is 33.4. The van der Waals surface area contributed by atoms with Gasteiger partial charge in [-0.3, -0.25) is 24.5 Å². The van der Waals surface area contributed by atoms with Crippen molar-refractivity contribution in [3.63, 3.8) is 0 Å². The topological polar surface area (TPSA) is 170 Å². The molecular weight excluding hydrogens is 702 g/mol. The van der Waals surface area contributed by atoms with Crippen molar-refractivity contribution in [2.24, 2.45) is 7.05 Å². The van der Waals surface area contributed by atoms with Crippen LogP contribution in [-0.2, 0) is 11.8 Å². The Hall–Kier alpha value is -6.73. The highest BCUT2D eigenvalue weighted by molar-refractivity contribution is 6.23. The smallest absolute Gasteiger partial charge is 0.340 e. The molecule has 2 N–H and O–H groups in total. The molecule has 4 heterocycles. The molecule has 0 aliphatic carbocycles. The minimum absolute atomic E-state index is 0.109. The lowest BCUT2D eigenvalue weighted by atomic mass is 9.92. The molecule has 7 aromatic rings. The van der Waals surface area contributed by atoms with Crippen LogP contribution in [-0.4, -0.2) is 57.6 Å². The standard InChI is InChI=1S/C39H28ClN5O8/c1-43-19-27(39(49)52-2)34-33-23(17-40)18-44(30(33)16-26(35(34)43)36(46)20-7-10-25(11-8-20)45(50)51)38(48)29-14-22-13-24(9-12-28(22)42-29)41-37(47)32-15-21-5-3-4-6-31(21)53-32/h3-16,19,23,42H,17-18H2,1-2H3,(H,41,47). The van der Waals surface area contributed by atoms with Gasteiger partial charge in [-0.05, 0) is 60.2 Å². The Labute approximate surface area is 304 Å². The van der Waals surface area contributed by atoms with E-state index in [1.54, 1.807) is 60.3 Å². The molecule has 0 fully saturated rings. The van der Waals surface area contributed by atoms with Gasteiger partial charge in [-0.1, -0.05) is 18.2 Å². The van der Waals surface area contributed by atoms with Gasteiger partial charge in [0, 0.05) is 87.9 Å². The lowest BCUT2D eigenvalue weighted by molar-refractivity contribution is -0.384. The third-order valence-electron chi connectivity index (χ3n) is 9.55. The fourth-order valence-electron chi connectivity index (χ4n) is 7.09. The molecule has 8 rings (SSSR count). The van der Waals surface area contributed by atoms with Gasteiger partial charge < -0.3 is 28.9 Å². The molecule has 14 heteroatoms. The number of hydrogen-bond donors (Lipinski definition) is 2. The number of nitrogens with one attached hydrogen (secondary N) is 2. The highest BCUT2D eigenvalue weighted by Gasteiger charge is 2.38. The number of nitro groups is 1. The van der Waals surface area contributed by atoms with Crippen molar-refractivity contribution in [2.45, 2.75) is 5.92 Å². The van der Waals surface area contributed by atoms with E-state index < -0.39 is 34.4 Å². The van der Waals surface area contributed by atoms with E-state index in [4.69, 9.17) is 20.8 Å². The number of methoxy groups -OCH3 is 1. The molecule has 0 saturated carbocycles. The first-order valence-electron chi connectivity index (χ1n) is 16.4. The fraction of sp³-hybridized carbons (Fsp3) is 0.128. The number of aromatic amines is 1. The number of benzene rings is 4. The van der Waals surface area contributed by atoms with Gasteiger partial charge in [0.2, 0.25) is 0 Å². The Morgan fingerprint density at radius 2 is 1.77 bits per heavy atom. The number of nitrogens with zero attached hydrogens (tertiary/aromatic N) is 3. The molecule has 4 aromatic carbocycles. The number of amides is 2. The third-order valence-corrected chi connectivity index (χ3v) is 9.92. The Balaban J connectivity index is 1.18. The summed E-state index contributed by atoms with van der Waals surface area (Å²) < 4.78 is 12.5. The molecule has 1 aliphatic rings. The Morgan fingerprint density at radius 3 is 2.49 bits per heavy atom. The zero-order chi connectivity index (χ0) is 37.1. The normalized spacial score (nSPS) is 13.8. The predicted molar refractivity (Wildman–Crippen MR) is 198 cm³/mol. The van der Waals surface area contributed by atoms with Crippen molar-refractivity contribution in [3.8, 4) is 0 Å². The van der Waals surface area contributed by atoms with Crippen LogP contribution in [0.3, 0.4) is 0 Å². The molecule has 3 aromatic heterocycles. The van der Waals surface area contributed by atoms with Crippen LogP contribution in [0.2, 0.25) is 0 Å². The number of esters is 1. The van der Waals surface area contributed by atoms with Crippen LogP contribution >= 0.6 is 11.6 Å². The first-order valence-corrected chi connectivity index (χ1v) is 16.9. The maximum atomic E-state index is 14.4. The van der Waals surface area contributed by atoms with Crippen molar-refractivity contribution >= 4 is 85.0 Å². The number of H-pyrrole nitrogens is 1. The van der Waals surface area contributed by atoms with Crippen molar-refractivity contribution in [3.05, 3.63) is 135 Å².